The number of nitrogens with one attached hydrogen (secondary N) is 1. The maximum Gasteiger partial charge on any atom is 0.321 e. The average Bonchev–Trinajstić information content (AvgIpc) is 2.76. The van der Waals surface area contributed by atoms with Crippen LogP contribution in [-0.2, 0) is 4.74 Å². The third kappa shape index (κ3) is 4.89. The lowest BCUT2D eigenvalue weighted by Crippen LogP contribution is -2.63. The fourth-order valence-corrected chi connectivity index (χ4v) is 4.13. The van der Waals surface area contributed by atoms with E-state index in [2.05, 4.69) is 17.1 Å². The fourth-order valence-electron chi connectivity index (χ4n) is 4.13. The Hall–Kier alpha value is -2.57. The summed E-state index contributed by atoms with van der Waals surface area (Å²) in [5, 5.41) is 3.01. The van der Waals surface area contributed by atoms with Crippen LogP contribution in [0, 0.1) is 0 Å². The van der Waals surface area contributed by atoms with Crippen molar-refractivity contribution < 1.29 is 14.3 Å². The standard InChI is InChI=1S/C23H29N3O3/c1-2-6-19-16-28-17-20-15-25(13-14-26(19)20)23(27)24-18-9-11-22(12-10-18)29-21-7-4-3-5-8-21/h3-5,7-12,19-20H,2,6,13-17H2,1H3,(H,24,27)/t19-,20+/m0/s1. The first-order valence-electron chi connectivity index (χ1n) is 10.5. The van der Waals surface area contributed by atoms with Gasteiger partial charge in [-0.3, -0.25) is 4.90 Å². The van der Waals surface area contributed by atoms with Gasteiger partial charge in [0.25, 0.3) is 0 Å². The molecule has 2 aromatic rings. The molecule has 0 bridgehead atoms. The quantitative estimate of drug-likeness (QED) is 0.825. The first-order valence-corrected chi connectivity index (χ1v) is 10.5. The molecule has 2 aromatic carbocycles. The van der Waals surface area contributed by atoms with Crippen LogP contribution in [0.15, 0.2) is 54.6 Å². The summed E-state index contributed by atoms with van der Waals surface area (Å²) in [5.41, 5.74) is 0.765. The molecule has 154 valence electrons. The number of piperazine rings is 1. The van der Waals surface area contributed by atoms with Crippen LogP contribution in [0.4, 0.5) is 10.5 Å². The van der Waals surface area contributed by atoms with Gasteiger partial charge in [0.05, 0.1) is 19.3 Å². The van der Waals surface area contributed by atoms with Crippen molar-refractivity contribution >= 4 is 11.7 Å². The van der Waals surface area contributed by atoms with Crippen molar-refractivity contribution in [2.24, 2.45) is 0 Å². The molecule has 0 spiro atoms. The highest BCUT2D eigenvalue weighted by molar-refractivity contribution is 5.89. The molecule has 2 aliphatic rings. The van der Waals surface area contributed by atoms with Crippen LogP contribution in [0.3, 0.4) is 0 Å². The number of fused-ring (bicyclic) bond motifs is 1. The molecule has 2 atom stereocenters. The topological polar surface area (TPSA) is 54.0 Å². The summed E-state index contributed by atoms with van der Waals surface area (Å²) in [6.45, 7) is 6.10. The second-order valence-corrected chi connectivity index (χ2v) is 7.69. The number of anilines is 1. The van der Waals surface area contributed by atoms with E-state index in [-0.39, 0.29) is 6.03 Å². The highest BCUT2D eigenvalue weighted by Crippen LogP contribution is 2.24. The van der Waals surface area contributed by atoms with Gasteiger partial charge in [-0.1, -0.05) is 31.5 Å². The minimum absolute atomic E-state index is 0.0565. The number of hydrogen-bond acceptors (Lipinski definition) is 4. The van der Waals surface area contributed by atoms with Crippen LogP contribution >= 0.6 is 0 Å². The van der Waals surface area contributed by atoms with E-state index in [1.807, 2.05) is 59.5 Å². The maximum absolute atomic E-state index is 12.7. The zero-order chi connectivity index (χ0) is 20.1. The van der Waals surface area contributed by atoms with Gasteiger partial charge in [0, 0.05) is 31.4 Å². The van der Waals surface area contributed by atoms with Gasteiger partial charge in [-0.25, -0.2) is 4.79 Å². The van der Waals surface area contributed by atoms with E-state index in [1.54, 1.807) is 0 Å². The predicted molar refractivity (Wildman–Crippen MR) is 114 cm³/mol. The Morgan fingerprint density at radius 3 is 2.59 bits per heavy atom. The van der Waals surface area contributed by atoms with Crippen LogP contribution in [0.25, 0.3) is 0 Å². The lowest BCUT2D eigenvalue weighted by atomic mass is 10.0. The number of carbonyl (C=O) groups excluding carboxylic acids is 1. The van der Waals surface area contributed by atoms with Gasteiger partial charge in [-0.2, -0.15) is 0 Å². The van der Waals surface area contributed by atoms with Gasteiger partial charge < -0.3 is 19.7 Å². The Morgan fingerprint density at radius 2 is 1.83 bits per heavy atom. The van der Waals surface area contributed by atoms with E-state index in [1.165, 1.54) is 0 Å². The highest BCUT2D eigenvalue weighted by atomic mass is 16.5. The lowest BCUT2D eigenvalue weighted by molar-refractivity contribution is -0.0755. The normalized spacial score (nSPS) is 22.0. The van der Waals surface area contributed by atoms with Gasteiger partial charge in [-0.05, 0) is 42.8 Å². The zero-order valence-corrected chi connectivity index (χ0v) is 16.9. The average molecular weight is 396 g/mol. The molecule has 6 heteroatoms. The van der Waals surface area contributed by atoms with E-state index in [4.69, 9.17) is 9.47 Å². The molecule has 2 heterocycles. The number of rotatable bonds is 5. The molecule has 0 unspecified atom stereocenters. The molecule has 0 aromatic heterocycles. The number of carbonyl (C=O) groups is 1. The molecule has 29 heavy (non-hydrogen) atoms. The number of benzene rings is 2. The largest absolute Gasteiger partial charge is 0.457 e. The van der Waals surface area contributed by atoms with Crippen molar-refractivity contribution in [2.45, 2.75) is 31.8 Å². The molecule has 1 N–H and O–H groups in total. The summed E-state index contributed by atoms with van der Waals surface area (Å²) >= 11 is 0. The highest BCUT2D eigenvalue weighted by Gasteiger charge is 2.36. The third-order valence-corrected chi connectivity index (χ3v) is 5.61. The van der Waals surface area contributed by atoms with Crippen LogP contribution in [0.1, 0.15) is 19.8 Å². The number of ether oxygens (including phenoxy) is 2. The monoisotopic (exact) mass is 395 g/mol. The third-order valence-electron chi connectivity index (χ3n) is 5.61. The second-order valence-electron chi connectivity index (χ2n) is 7.69. The first-order chi connectivity index (χ1) is 14.2. The second kappa shape index (κ2) is 9.29. The van der Waals surface area contributed by atoms with Crippen LogP contribution in [0.2, 0.25) is 0 Å². The maximum atomic E-state index is 12.7. The van der Waals surface area contributed by atoms with Crippen molar-refractivity contribution in [1.29, 1.82) is 0 Å². The van der Waals surface area contributed by atoms with Crippen molar-refractivity contribution in [1.82, 2.24) is 9.80 Å². The van der Waals surface area contributed by atoms with Crippen molar-refractivity contribution in [2.75, 3.05) is 38.2 Å². The van der Waals surface area contributed by atoms with E-state index < -0.39 is 0 Å². The molecule has 2 saturated heterocycles. The number of nitrogens with zero attached hydrogens (tertiary/aromatic N) is 2. The summed E-state index contributed by atoms with van der Waals surface area (Å²) in [7, 11) is 0. The molecule has 2 amide bonds. The van der Waals surface area contributed by atoms with Crippen molar-refractivity contribution in [3.63, 3.8) is 0 Å². The summed E-state index contributed by atoms with van der Waals surface area (Å²) in [5.74, 6) is 1.53. The summed E-state index contributed by atoms with van der Waals surface area (Å²) in [6.07, 6.45) is 2.31. The molecular weight excluding hydrogens is 366 g/mol. The van der Waals surface area contributed by atoms with E-state index in [0.29, 0.717) is 25.2 Å². The van der Waals surface area contributed by atoms with Crippen molar-refractivity contribution in [3.05, 3.63) is 54.6 Å². The zero-order valence-electron chi connectivity index (χ0n) is 16.9. The molecular formula is C23H29N3O3. The van der Waals surface area contributed by atoms with Crippen molar-refractivity contribution in [3.8, 4) is 11.5 Å². The molecule has 2 fully saturated rings. The van der Waals surface area contributed by atoms with E-state index in [9.17, 15) is 4.79 Å². The Labute approximate surface area is 172 Å². The first kappa shape index (κ1) is 19.7. The Morgan fingerprint density at radius 1 is 1.07 bits per heavy atom. The SMILES string of the molecule is CCC[C@H]1COC[C@H]2CN(C(=O)Nc3ccc(Oc4ccccc4)cc3)CCN12. The van der Waals surface area contributed by atoms with Crippen LogP contribution in [0.5, 0.6) is 11.5 Å². The molecule has 0 radical (unpaired) electrons. The fraction of sp³-hybridized carbons (Fsp3) is 0.435. The predicted octanol–water partition coefficient (Wildman–Crippen LogP) is 4.20. The number of para-hydroxylation sites is 1. The summed E-state index contributed by atoms with van der Waals surface area (Å²) in [6, 6.07) is 17.8. The van der Waals surface area contributed by atoms with E-state index >= 15 is 0 Å². The lowest BCUT2D eigenvalue weighted by Gasteiger charge is -2.47. The van der Waals surface area contributed by atoms with Gasteiger partial charge in [0.2, 0.25) is 0 Å². The number of urea groups is 1. The molecule has 2 aliphatic heterocycles. The van der Waals surface area contributed by atoms with Gasteiger partial charge in [-0.15, -0.1) is 0 Å². The minimum Gasteiger partial charge on any atom is -0.457 e. The molecule has 6 nitrogen and oxygen atoms in total. The van der Waals surface area contributed by atoms with Gasteiger partial charge >= 0.3 is 6.03 Å². The summed E-state index contributed by atoms with van der Waals surface area (Å²) in [4.78, 5) is 17.2. The molecule has 4 rings (SSSR count). The van der Waals surface area contributed by atoms with Gasteiger partial charge in [0.1, 0.15) is 11.5 Å². The smallest absolute Gasteiger partial charge is 0.321 e. The number of morpholine rings is 1. The number of amides is 2. The van der Waals surface area contributed by atoms with Crippen LogP contribution in [-0.4, -0.2) is 60.8 Å². The Balaban J connectivity index is 1.31. The Kier molecular flexibility index (Phi) is 6.32. The molecule has 0 aliphatic carbocycles. The Bertz CT molecular complexity index is 795. The molecule has 0 saturated carbocycles. The summed E-state index contributed by atoms with van der Waals surface area (Å²) < 4.78 is 11.6. The van der Waals surface area contributed by atoms with Gasteiger partial charge in [0.15, 0.2) is 0 Å². The minimum atomic E-state index is -0.0565. The van der Waals surface area contributed by atoms with Crippen LogP contribution < -0.4 is 10.1 Å². The number of hydrogen-bond donors (Lipinski definition) is 1. The van der Waals surface area contributed by atoms with E-state index in [0.717, 1.165) is 49.7 Å².